The fourth-order valence-electron chi connectivity index (χ4n) is 2.80. The molecule has 8 heteroatoms. The molecule has 0 bridgehead atoms. The third-order valence-electron chi connectivity index (χ3n) is 4.24. The van der Waals surface area contributed by atoms with E-state index < -0.39 is 24.0 Å². The number of nitriles is 1. The first-order valence-electron chi connectivity index (χ1n) is 8.58. The highest BCUT2D eigenvalue weighted by atomic mass is 16.5. The van der Waals surface area contributed by atoms with Gasteiger partial charge in [0.1, 0.15) is 17.4 Å². The third-order valence-corrected chi connectivity index (χ3v) is 4.24. The maximum Gasteiger partial charge on any atom is 0.306 e. The zero-order valence-electron chi connectivity index (χ0n) is 15.9. The number of esters is 1. The minimum absolute atomic E-state index is 0.0144. The topological polar surface area (TPSA) is 121 Å². The van der Waals surface area contributed by atoms with Gasteiger partial charge in [-0.1, -0.05) is 12.1 Å². The molecule has 146 valence electrons. The van der Waals surface area contributed by atoms with E-state index in [4.69, 9.17) is 14.7 Å². The predicted octanol–water partition coefficient (Wildman–Crippen LogP) is 1.99. The molecule has 1 amide bonds. The molecule has 1 aromatic heterocycles. The average Bonchev–Trinajstić information content (AvgIpc) is 2.66. The number of methoxy groups -OCH3 is 1. The van der Waals surface area contributed by atoms with Gasteiger partial charge in [0.15, 0.2) is 6.61 Å². The van der Waals surface area contributed by atoms with Crippen LogP contribution in [0.4, 0.5) is 5.69 Å². The van der Waals surface area contributed by atoms with Crippen molar-refractivity contribution in [3.63, 3.8) is 0 Å². The summed E-state index contributed by atoms with van der Waals surface area (Å²) < 4.78 is 10.1. The van der Waals surface area contributed by atoms with Gasteiger partial charge in [0.25, 0.3) is 11.5 Å². The van der Waals surface area contributed by atoms with Crippen LogP contribution in [0.15, 0.2) is 29.1 Å². The van der Waals surface area contributed by atoms with Crippen molar-refractivity contribution in [1.29, 1.82) is 5.26 Å². The zero-order valence-corrected chi connectivity index (χ0v) is 15.9. The van der Waals surface area contributed by atoms with Crippen molar-refractivity contribution in [2.75, 3.05) is 19.0 Å². The molecule has 0 saturated heterocycles. The molecule has 0 fully saturated rings. The molecule has 0 aliphatic carbocycles. The van der Waals surface area contributed by atoms with Crippen molar-refractivity contribution in [3.8, 4) is 11.8 Å². The van der Waals surface area contributed by atoms with E-state index in [1.54, 1.807) is 38.1 Å². The third kappa shape index (κ3) is 4.98. The van der Waals surface area contributed by atoms with Crippen molar-refractivity contribution in [2.45, 2.75) is 26.7 Å². The van der Waals surface area contributed by atoms with Crippen LogP contribution in [0.2, 0.25) is 0 Å². The molecule has 0 aliphatic heterocycles. The Hall–Kier alpha value is -3.60. The van der Waals surface area contributed by atoms with Gasteiger partial charge in [-0.15, -0.1) is 0 Å². The quantitative estimate of drug-likeness (QED) is 0.705. The van der Waals surface area contributed by atoms with E-state index >= 15 is 0 Å². The van der Waals surface area contributed by atoms with Gasteiger partial charge in [-0.05, 0) is 43.5 Å². The van der Waals surface area contributed by atoms with Crippen LogP contribution < -0.4 is 15.6 Å². The molecule has 8 nitrogen and oxygen atoms in total. The summed E-state index contributed by atoms with van der Waals surface area (Å²) in [6.07, 6.45) is 0.302. The fourth-order valence-corrected chi connectivity index (χ4v) is 2.80. The number of amides is 1. The number of nitrogens with one attached hydrogen (secondary N) is 2. The van der Waals surface area contributed by atoms with Gasteiger partial charge >= 0.3 is 5.97 Å². The summed E-state index contributed by atoms with van der Waals surface area (Å²) in [4.78, 5) is 38.3. The number of hydrogen-bond donors (Lipinski definition) is 2. The Morgan fingerprint density at radius 3 is 2.64 bits per heavy atom. The van der Waals surface area contributed by atoms with Crippen LogP contribution in [-0.2, 0) is 20.7 Å². The number of carbonyl (C=O) groups is 2. The Kier molecular flexibility index (Phi) is 6.93. The largest absolute Gasteiger partial charge is 0.495 e. The number of carbonyl (C=O) groups excluding carboxylic acids is 2. The molecule has 0 saturated carbocycles. The Labute approximate surface area is 162 Å². The SMILES string of the molecule is COc1ccccc1NC(=O)COC(=O)CCc1c(C)[nH]c(=O)c(C#N)c1C. The molecule has 28 heavy (non-hydrogen) atoms. The molecular weight excluding hydrogens is 362 g/mol. The van der Waals surface area contributed by atoms with E-state index in [1.165, 1.54) is 7.11 Å². The van der Waals surface area contributed by atoms with Gasteiger partial charge in [-0.3, -0.25) is 14.4 Å². The molecule has 0 radical (unpaired) electrons. The van der Waals surface area contributed by atoms with Crippen molar-refractivity contribution >= 4 is 17.6 Å². The summed E-state index contributed by atoms with van der Waals surface area (Å²) in [6, 6.07) is 8.76. The number of pyridine rings is 1. The lowest BCUT2D eigenvalue weighted by molar-refractivity contribution is -0.147. The molecule has 2 aromatic rings. The second kappa shape index (κ2) is 9.37. The number of H-pyrrole nitrogens is 1. The van der Waals surface area contributed by atoms with Crippen molar-refractivity contribution in [3.05, 3.63) is 57.0 Å². The lowest BCUT2D eigenvalue weighted by atomic mass is 9.99. The molecule has 0 atom stereocenters. The van der Waals surface area contributed by atoms with Crippen LogP contribution in [0, 0.1) is 25.2 Å². The number of hydrogen-bond acceptors (Lipinski definition) is 6. The number of aromatic amines is 1. The van der Waals surface area contributed by atoms with Crippen LogP contribution in [0.5, 0.6) is 5.75 Å². The predicted molar refractivity (Wildman–Crippen MR) is 102 cm³/mol. The summed E-state index contributed by atoms with van der Waals surface area (Å²) in [5, 5.41) is 11.7. The number of anilines is 1. The number of aromatic nitrogens is 1. The minimum atomic E-state index is -0.557. The van der Waals surface area contributed by atoms with Crippen LogP contribution in [0.3, 0.4) is 0 Å². The van der Waals surface area contributed by atoms with Crippen molar-refractivity contribution < 1.29 is 19.1 Å². The first kappa shape index (κ1) is 20.7. The van der Waals surface area contributed by atoms with Crippen LogP contribution in [-0.4, -0.2) is 30.6 Å². The molecule has 1 aromatic carbocycles. The molecule has 1 heterocycles. The van der Waals surface area contributed by atoms with Gasteiger partial charge in [-0.25, -0.2) is 0 Å². The summed E-state index contributed by atoms with van der Waals surface area (Å²) >= 11 is 0. The van der Waals surface area contributed by atoms with E-state index in [9.17, 15) is 14.4 Å². The Morgan fingerprint density at radius 1 is 1.25 bits per heavy atom. The van der Waals surface area contributed by atoms with Gasteiger partial charge in [0, 0.05) is 12.1 Å². The number of benzene rings is 1. The molecule has 0 aliphatic rings. The maximum atomic E-state index is 12.0. The van der Waals surface area contributed by atoms with E-state index in [0.717, 1.165) is 0 Å². The molecular formula is C20H21N3O5. The number of aryl methyl sites for hydroxylation is 1. The first-order valence-corrected chi connectivity index (χ1v) is 8.58. The van der Waals surface area contributed by atoms with E-state index in [2.05, 4.69) is 10.3 Å². The van der Waals surface area contributed by atoms with Crippen LogP contribution >= 0.6 is 0 Å². The van der Waals surface area contributed by atoms with E-state index in [1.807, 2.05) is 6.07 Å². The van der Waals surface area contributed by atoms with Crippen molar-refractivity contribution in [2.24, 2.45) is 0 Å². The molecule has 0 unspecified atom stereocenters. The smallest absolute Gasteiger partial charge is 0.306 e. The minimum Gasteiger partial charge on any atom is -0.495 e. The normalized spacial score (nSPS) is 10.1. The Morgan fingerprint density at radius 2 is 1.96 bits per heavy atom. The highest BCUT2D eigenvalue weighted by Crippen LogP contribution is 2.22. The summed E-state index contributed by atoms with van der Waals surface area (Å²) in [5.74, 6) is -0.542. The van der Waals surface area contributed by atoms with Gasteiger partial charge in [-0.2, -0.15) is 5.26 Å². The number of ether oxygens (including phenoxy) is 2. The summed E-state index contributed by atoms with van der Waals surface area (Å²) in [5.41, 5.74) is 1.93. The number of para-hydroxylation sites is 2. The average molecular weight is 383 g/mol. The van der Waals surface area contributed by atoms with Gasteiger partial charge in [0.2, 0.25) is 0 Å². The second-order valence-corrected chi connectivity index (χ2v) is 6.08. The number of rotatable bonds is 7. The fraction of sp³-hybridized carbons (Fsp3) is 0.300. The Bertz CT molecular complexity index is 988. The van der Waals surface area contributed by atoms with Crippen molar-refractivity contribution in [1.82, 2.24) is 4.98 Å². The maximum absolute atomic E-state index is 12.0. The first-order chi connectivity index (χ1) is 13.4. The van der Waals surface area contributed by atoms with Crippen LogP contribution in [0.25, 0.3) is 0 Å². The second-order valence-electron chi connectivity index (χ2n) is 6.08. The van der Waals surface area contributed by atoms with Crippen LogP contribution in [0.1, 0.15) is 28.8 Å². The highest BCUT2D eigenvalue weighted by molar-refractivity contribution is 5.94. The molecule has 2 N–H and O–H groups in total. The van der Waals surface area contributed by atoms with E-state index in [-0.39, 0.29) is 18.4 Å². The standard InChI is InChI=1S/C20H21N3O5/c1-12-14(13(2)22-20(26)15(12)10-21)8-9-19(25)28-11-18(24)23-16-6-4-5-7-17(16)27-3/h4-7H,8-9,11H2,1-3H3,(H,22,26)(H,23,24). The molecule has 2 rings (SSSR count). The van der Waals surface area contributed by atoms with Gasteiger partial charge < -0.3 is 19.8 Å². The lowest BCUT2D eigenvalue weighted by Crippen LogP contribution is -2.22. The Balaban J connectivity index is 1.91. The lowest BCUT2D eigenvalue weighted by Gasteiger charge is -2.11. The highest BCUT2D eigenvalue weighted by Gasteiger charge is 2.15. The number of nitrogens with zero attached hydrogens (tertiary/aromatic N) is 1. The summed E-state index contributed by atoms with van der Waals surface area (Å²) in [7, 11) is 1.49. The van der Waals surface area contributed by atoms with Gasteiger partial charge in [0.05, 0.1) is 12.8 Å². The van der Waals surface area contributed by atoms with E-state index in [0.29, 0.717) is 28.3 Å². The summed E-state index contributed by atoms with van der Waals surface area (Å²) in [6.45, 7) is 2.95. The monoisotopic (exact) mass is 383 g/mol. The molecule has 0 spiro atoms. The zero-order chi connectivity index (χ0) is 20.7.